The largest absolute Gasteiger partial charge is 0.465 e. The van der Waals surface area contributed by atoms with Crippen LogP contribution in [0.15, 0.2) is 6.20 Å². The molecule has 1 N–H and O–H groups in total. The average molecular weight is 226 g/mol. The molecule has 0 bridgehead atoms. The van der Waals surface area contributed by atoms with Crippen molar-refractivity contribution < 1.29 is 14.7 Å². The summed E-state index contributed by atoms with van der Waals surface area (Å²) < 4.78 is 0. The van der Waals surface area contributed by atoms with Crippen LogP contribution in [-0.2, 0) is 0 Å². The molecule has 1 atom stereocenters. The Hall–Kier alpha value is -1.43. The number of carboxylic acid groups (broad SMARTS) is 1. The van der Waals surface area contributed by atoms with Gasteiger partial charge in [-0.1, -0.05) is 0 Å². The molecule has 1 aromatic heterocycles. The summed E-state index contributed by atoms with van der Waals surface area (Å²) in [7, 11) is 0. The third kappa shape index (κ3) is 1.99. The van der Waals surface area contributed by atoms with Crippen molar-refractivity contribution in [1.82, 2.24) is 9.88 Å². The smallest absolute Gasteiger partial charge is 0.407 e. The molecular weight excluding hydrogens is 216 g/mol. The maximum absolute atomic E-state index is 10.7. The molecule has 0 aromatic carbocycles. The third-order valence-electron chi connectivity index (χ3n) is 2.47. The highest BCUT2D eigenvalue weighted by Crippen LogP contribution is 2.29. The lowest BCUT2D eigenvalue weighted by Crippen LogP contribution is -2.26. The first-order valence-electron chi connectivity index (χ1n) is 4.59. The van der Waals surface area contributed by atoms with Gasteiger partial charge in [-0.25, -0.2) is 9.78 Å². The Kier molecular flexibility index (Phi) is 2.68. The van der Waals surface area contributed by atoms with E-state index in [2.05, 4.69) is 4.98 Å². The van der Waals surface area contributed by atoms with E-state index in [-0.39, 0.29) is 5.92 Å². The summed E-state index contributed by atoms with van der Waals surface area (Å²) in [6.07, 6.45) is 2.21. The zero-order valence-electron chi connectivity index (χ0n) is 7.92. The Morgan fingerprint density at radius 1 is 1.73 bits per heavy atom. The average Bonchev–Trinajstić information content (AvgIpc) is 2.86. The second kappa shape index (κ2) is 3.98. The first-order chi connectivity index (χ1) is 7.20. The van der Waals surface area contributed by atoms with Crippen LogP contribution in [0.25, 0.3) is 0 Å². The Morgan fingerprint density at radius 3 is 3.07 bits per heavy atom. The van der Waals surface area contributed by atoms with Gasteiger partial charge in [-0.05, 0) is 6.42 Å². The van der Waals surface area contributed by atoms with Gasteiger partial charge < -0.3 is 10.0 Å². The Balaban J connectivity index is 2.07. The van der Waals surface area contributed by atoms with Crippen molar-refractivity contribution in [3.05, 3.63) is 16.1 Å². The molecule has 2 rings (SSSR count). The fourth-order valence-corrected chi connectivity index (χ4v) is 2.54. The molecule has 1 aliphatic rings. The van der Waals surface area contributed by atoms with E-state index >= 15 is 0 Å². The van der Waals surface area contributed by atoms with Crippen LogP contribution in [0.2, 0.25) is 0 Å². The van der Waals surface area contributed by atoms with E-state index in [4.69, 9.17) is 5.11 Å². The third-order valence-corrected chi connectivity index (χ3v) is 3.55. The monoisotopic (exact) mass is 226 g/mol. The number of aldehydes is 1. The highest BCUT2D eigenvalue weighted by atomic mass is 32.1. The zero-order chi connectivity index (χ0) is 10.8. The number of aromatic nitrogens is 1. The molecule has 0 spiro atoms. The lowest BCUT2D eigenvalue weighted by Gasteiger charge is -2.10. The summed E-state index contributed by atoms with van der Waals surface area (Å²) in [6.45, 7) is 1.04. The molecule has 1 amide bonds. The van der Waals surface area contributed by atoms with E-state index in [0.29, 0.717) is 18.0 Å². The van der Waals surface area contributed by atoms with E-state index in [9.17, 15) is 9.59 Å². The normalized spacial score (nSPS) is 20.5. The summed E-state index contributed by atoms with van der Waals surface area (Å²) in [5, 5.41) is 9.64. The zero-order valence-corrected chi connectivity index (χ0v) is 8.74. The highest BCUT2D eigenvalue weighted by Gasteiger charge is 2.28. The Morgan fingerprint density at radius 2 is 2.53 bits per heavy atom. The van der Waals surface area contributed by atoms with Crippen LogP contribution in [-0.4, -0.2) is 40.5 Å². The van der Waals surface area contributed by atoms with Gasteiger partial charge in [0.2, 0.25) is 0 Å². The van der Waals surface area contributed by atoms with Crippen molar-refractivity contribution in [2.45, 2.75) is 12.3 Å². The summed E-state index contributed by atoms with van der Waals surface area (Å²) in [5.74, 6) is 0.153. The van der Waals surface area contributed by atoms with Crippen molar-refractivity contribution in [2.75, 3.05) is 13.1 Å². The second-order valence-corrected chi connectivity index (χ2v) is 4.53. The number of amides is 1. The molecule has 1 fully saturated rings. The van der Waals surface area contributed by atoms with Gasteiger partial charge in [0.1, 0.15) is 0 Å². The van der Waals surface area contributed by atoms with Crippen molar-refractivity contribution in [1.29, 1.82) is 0 Å². The van der Waals surface area contributed by atoms with Crippen LogP contribution in [0.3, 0.4) is 0 Å². The summed E-state index contributed by atoms with van der Waals surface area (Å²) in [5.41, 5.74) is 0. The number of nitrogens with zero attached hydrogens (tertiary/aromatic N) is 2. The minimum atomic E-state index is -0.885. The SMILES string of the molecule is O=Cc1cnc(C2CCN(C(=O)O)C2)s1. The Labute approximate surface area is 90.4 Å². The molecule has 0 saturated carbocycles. The summed E-state index contributed by atoms with van der Waals surface area (Å²) in [6, 6.07) is 0. The number of rotatable bonds is 2. The van der Waals surface area contributed by atoms with Gasteiger partial charge in [0.05, 0.1) is 9.88 Å². The minimum Gasteiger partial charge on any atom is -0.465 e. The van der Waals surface area contributed by atoms with Crippen molar-refractivity contribution in [3.8, 4) is 0 Å². The van der Waals surface area contributed by atoms with Crippen LogP contribution in [0.1, 0.15) is 27.0 Å². The van der Waals surface area contributed by atoms with Gasteiger partial charge in [-0.3, -0.25) is 4.79 Å². The van der Waals surface area contributed by atoms with Gasteiger partial charge in [0.25, 0.3) is 0 Å². The van der Waals surface area contributed by atoms with Gasteiger partial charge in [-0.2, -0.15) is 0 Å². The van der Waals surface area contributed by atoms with E-state index in [1.54, 1.807) is 0 Å². The molecule has 5 nitrogen and oxygen atoms in total. The first kappa shape index (κ1) is 10.1. The van der Waals surface area contributed by atoms with Crippen LogP contribution in [0.4, 0.5) is 4.79 Å². The number of carbonyl (C=O) groups is 2. The maximum Gasteiger partial charge on any atom is 0.407 e. The predicted octanol–water partition coefficient (Wildman–Crippen LogP) is 1.42. The molecular formula is C9H10N2O3S. The summed E-state index contributed by atoms with van der Waals surface area (Å²) >= 11 is 1.35. The van der Waals surface area contributed by atoms with Crippen molar-refractivity contribution >= 4 is 23.7 Å². The standard InChI is InChI=1S/C9H10N2O3S/c12-5-7-3-10-8(15-7)6-1-2-11(4-6)9(13)14/h3,5-6H,1-2,4H2,(H,13,14). The number of thiazole rings is 1. The quantitative estimate of drug-likeness (QED) is 0.774. The van der Waals surface area contributed by atoms with Crippen LogP contribution >= 0.6 is 11.3 Å². The predicted molar refractivity (Wildman–Crippen MR) is 54.5 cm³/mol. The Bertz CT molecular complexity index is 390. The van der Waals surface area contributed by atoms with Crippen molar-refractivity contribution in [3.63, 3.8) is 0 Å². The molecule has 0 radical (unpaired) electrons. The van der Waals surface area contributed by atoms with E-state index in [1.165, 1.54) is 22.4 Å². The molecule has 1 unspecified atom stereocenters. The van der Waals surface area contributed by atoms with E-state index < -0.39 is 6.09 Å². The number of likely N-dealkylation sites (tertiary alicyclic amines) is 1. The molecule has 0 aliphatic carbocycles. The van der Waals surface area contributed by atoms with Crippen LogP contribution in [0, 0.1) is 0 Å². The number of carbonyl (C=O) groups excluding carboxylic acids is 1. The van der Waals surface area contributed by atoms with Gasteiger partial charge in [0, 0.05) is 25.2 Å². The van der Waals surface area contributed by atoms with Gasteiger partial charge in [0.15, 0.2) is 6.29 Å². The lowest BCUT2D eigenvalue weighted by molar-refractivity contribution is 0.112. The maximum atomic E-state index is 10.7. The molecule has 2 heterocycles. The van der Waals surface area contributed by atoms with Crippen LogP contribution < -0.4 is 0 Å². The number of hydrogen-bond acceptors (Lipinski definition) is 4. The molecule has 15 heavy (non-hydrogen) atoms. The summed E-state index contributed by atoms with van der Waals surface area (Å²) in [4.78, 5) is 27.3. The van der Waals surface area contributed by atoms with Gasteiger partial charge >= 0.3 is 6.09 Å². The fourth-order valence-electron chi connectivity index (χ4n) is 1.68. The van der Waals surface area contributed by atoms with Crippen molar-refractivity contribution in [2.24, 2.45) is 0 Å². The topological polar surface area (TPSA) is 70.5 Å². The lowest BCUT2D eigenvalue weighted by atomic mass is 10.1. The van der Waals surface area contributed by atoms with E-state index in [1.807, 2.05) is 0 Å². The second-order valence-electron chi connectivity index (χ2n) is 3.43. The minimum absolute atomic E-state index is 0.153. The molecule has 6 heteroatoms. The first-order valence-corrected chi connectivity index (χ1v) is 5.41. The van der Waals surface area contributed by atoms with Gasteiger partial charge in [-0.15, -0.1) is 11.3 Å². The van der Waals surface area contributed by atoms with Crippen LogP contribution in [0.5, 0.6) is 0 Å². The van der Waals surface area contributed by atoms with E-state index in [0.717, 1.165) is 17.7 Å². The highest BCUT2D eigenvalue weighted by molar-refractivity contribution is 7.13. The molecule has 1 aliphatic heterocycles. The fraction of sp³-hybridized carbons (Fsp3) is 0.444. The molecule has 1 saturated heterocycles. The molecule has 1 aromatic rings. The number of hydrogen-bond donors (Lipinski definition) is 1. The molecule has 80 valence electrons.